The van der Waals surface area contributed by atoms with Crippen molar-refractivity contribution in [1.82, 2.24) is 14.5 Å². The van der Waals surface area contributed by atoms with Gasteiger partial charge in [-0.15, -0.1) is 0 Å². The van der Waals surface area contributed by atoms with E-state index in [1.165, 1.54) is 16.3 Å². The Morgan fingerprint density at radius 1 is 1.14 bits per heavy atom. The van der Waals surface area contributed by atoms with Crippen LogP contribution in [0.25, 0.3) is 16.6 Å². The second-order valence-corrected chi connectivity index (χ2v) is 7.69. The van der Waals surface area contributed by atoms with E-state index in [9.17, 15) is 9.59 Å². The lowest BCUT2D eigenvalue weighted by atomic mass is 10.2. The van der Waals surface area contributed by atoms with Gasteiger partial charge in [0.05, 0.1) is 35.6 Å². The molecule has 0 bridgehead atoms. The van der Waals surface area contributed by atoms with Crippen LogP contribution < -0.4 is 5.56 Å². The Morgan fingerprint density at radius 3 is 2.71 bits per heavy atom. The van der Waals surface area contributed by atoms with Crippen molar-refractivity contribution in [2.45, 2.75) is 5.16 Å². The first-order valence-electron chi connectivity index (χ1n) is 8.89. The first-order valence-corrected chi connectivity index (χ1v) is 10.3. The summed E-state index contributed by atoms with van der Waals surface area (Å²) in [5.74, 6) is 0.207. The fourth-order valence-electron chi connectivity index (χ4n) is 3.08. The molecule has 1 aromatic heterocycles. The Bertz CT molecular complexity index is 1080. The molecule has 2 heterocycles. The molecule has 4 rings (SSSR count). The largest absolute Gasteiger partial charge is 0.378 e. The number of fused-ring (bicyclic) bond motifs is 1. The van der Waals surface area contributed by atoms with E-state index in [1.54, 1.807) is 41.3 Å². The van der Waals surface area contributed by atoms with Crippen LogP contribution in [-0.4, -0.2) is 52.4 Å². The van der Waals surface area contributed by atoms with Crippen molar-refractivity contribution in [3.8, 4) is 5.69 Å². The summed E-state index contributed by atoms with van der Waals surface area (Å²) in [5.41, 5.74) is 1.04. The van der Waals surface area contributed by atoms with E-state index in [-0.39, 0.29) is 17.2 Å². The van der Waals surface area contributed by atoms with Crippen molar-refractivity contribution in [3.63, 3.8) is 0 Å². The van der Waals surface area contributed by atoms with Crippen LogP contribution in [-0.2, 0) is 9.53 Å². The highest BCUT2D eigenvalue weighted by atomic mass is 35.5. The Kier molecular flexibility index (Phi) is 5.66. The second kappa shape index (κ2) is 8.34. The number of thioether (sulfide) groups is 1. The predicted octanol–water partition coefficient (Wildman–Crippen LogP) is 2.99. The molecule has 28 heavy (non-hydrogen) atoms. The number of amides is 1. The normalized spacial score (nSPS) is 14.4. The number of carbonyl (C=O) groups is 1. The zero-order valence-corrected chi connectivity index (χ0v) is 16.6. The molecule has 1 aliphatic heterocycles. The van der Waals surface area contributed by atoms with Crippen LogP contribution in [0.4, 0.5) is 0 Å². The Labute approximate surface area is 171 Å². The van der Waals surface area contributed by atoms with Crippen LogP contribution in [0.2, 0.25) is 5.02 Å². The number of morpholine rings is 1. The lowest BCUT2D eigenvalue weighted by Gasteiger charge is -2.26. The van der Waals surface area contributed by atoms with E-state index in [4.69, 9.17) is 16.3 Å². The minimum atomic E-state index is -0.186. The molecule has 0 N–H and O–H groups in total. The summed E-state index contributed by atoms with van der Waals surface area (Å²) in [5, 5.41) is 1.51. The number of benzene rings is 2. The summed E-state index contributed by atoms with van der Waals surface area (Å²) in [4.78, 5) is 32.1. The number of ether oxygens (including phenoxy) is 1. The van der Waals surface area contributed by atoms with Crippen molar-refractivity contribution in [1.29, 1.82) is 0 Å². The van der Waals surface area contributed by atoms with Crippen LogP contribution in [0, 0.1) is 0 Å². The molecule has 0 saturated carbocycles. The van der Waals surface area contributed by atoms with E-state index >= 15 is 0 Å². The van der Waals surface area contributed by atoms with E-state index in [1.807, 2.05) is 12.1 Å². The molecule has 0 aliphatic carbocycles. The summed E-state index contributed by atoms with van der Waals surface area (Å²) >= 11 is 7.39. The van der Waals surface area contributed by atoms with Gasteiger partial charge in [-0.1, -0.05) is 41.6 Å². The van der Waals surface area contributed by atoms with Crippen LogP contribution >= 0.6 is 23.4 Å². The minimum absolute atomic E-state index is 0.00773. The topological polar surface area (TPSA) is 64.4 Å². The molecule has 144 valence electrons. The summed E-state index contributed by atoms with van der Waals surface area (Å²) in [6.07, 6.45) is 0. The van der Waals surface area contributed by atoms with Crippen molar-refractivity contribution >= 4 is 40.2 Å². The van der Waals surface area contributed by atoms with Gasteiger partial charge in [-0.3, -0.25) is 14.2 Å². The number of aromatic nitrogens is 2. The minimum Gasteiger partial charge on any atom is -0.378 e. The van der Waals surface area contributed by atoms with E-state index in [0.717, 1.165) is 0 Å². The fraction of sp³-hybridized carbons (Fsp3) is 0.250. The summed E-state index contributed by atoms with van der Waals surface area (Å²) in [6.45, 7) is 2.28. The van der Waals surface area contributed by atoms with Crippen molar-refractivity contribution < 1.29 is 9.53 Å². The molecule has 2 aromatic carbocycles. The van der Waals surface area contributed by atoms with Gasteiger partial charge in [0.1, 0.15) is 0 Å². The SMILES string of the molecule is O=C(CSc1nc2ccccc2c(=O)n1-c1cccc(Cl)c1)N1CCOCC1. The van der Waals surface area contributed by atoms with Gasteiger partial charge in [-0.05, 0) is 30.3 Å². The smallest absolute Gasteiger partial charge is 0.266 e. The molecule has 8 heteroatoms. The third-order valence-electron chi connectivity index (χ3n) is 4.50. The van der Waals surface area contributed by atoms with E-state index in [2.05, 4.69) is 4.98 Å². The first-order chi connectivity index (χ1) is 13.6. The molecule has 3 aromatic rings. The third kappa shape index (κ3) is 3.92. The monoisotopic (exact) mass is 415 g/mol. The van der Waals surface area contributed by atoms with Gasteiger partial charge in [-0.25, -0.2) is 4.98 Å². The molecular formula is C20H18ClN3O3S. The summed E-state index contributed by atoms with van der Waals surface area (Å²) in [6, 6.07) is 14.2. The molecule has 0 radical (unpaired) electrons. The fourth-order valence-corrected chi connectivity index (χ4v) is 4.18. The molecular weight excluding hydrogens is 398 g/mol. The molecule has 1 fully saturated rings. The number of para-hydroxylation sites is 1. The average molecular weight is 416 g/mol. The predicted molar refractivity (Wildman–Crippen MR) is 110 cm³/mol. The third-order valence-corrected chi connectivity index (χ3v) is 5.66. The van der Waals surface area contributed by atoms with Gasteiger partial charge in [0.15, 0.2) is 5.16 Å². The highest BCUT2D eigenvalue weighted by molar-refractivity contribution is 7.99. The van der Waals surface area contributed by atoms with Crippen LogP contribution in [0.3, 0.4) is 0 Å². The Hall–Kier alpha value is -2.35. The van der Waals surface area contributed by atoms with Crippen LogP contribution in [0.15, 0.2) is 58.5 Å². The van der Waals surface area contributed by atoms with Gasteiger partial charge in [-0.2, -0.15) is 0 Å². The molecule has 0 spiro atoms. The van der Waals surface area contributed by atoms with E-state index < -0.39 is 0 Å². The molecule has 0 atom stereocenters. The van der Waals surface area contributed by atoms with Crippen LogP contribution in [0.1, 0.15) is 0 Å². The average Bonchev–Trinajstić information content (AvgIpc) is 2.73. The molecule has 0 unspecified atom stereocenters. The zero-order valence-electron chi connectivity index (χ0n) is 15.0. The number of carbonyl (C=O) groups excluding carboxylic acids is 1. The second-order valence-electron chi connectivity index (χ2n) is 6.31. The maximum absolute atomic E-state index is 13.2. The maximum Gasteiger partial charge on any atom is 0.266 e. The van der Waals surface area contributed by atoms with Gasteiger partial charge < -0.3 is 9.64 Å². The standard InChI is InChI=1S/C20H18ClN3O3S/c21-14-4-3-5-15(12-14)24-19(26)16-6-1-2-7-17(16)22-20(24)28-13-18(25)23-8-10-27-11-9-23/h1-7,12H,8-11,13H2. The zero-order chi connectivity index (χ0) is 19.5. The number of nitrogens with zero attached hydrogens (tertiary/aromatic N) is 3. The van der Waals surface area contributed by atoms with Gasteiger partial charge in [0.2, 0.25) is 5.91 Å². The number of hydrogen-bond acceptors (Lipinski definition) is 5. The summed E-state index contributed by atoms with van der Waals surface area (Å²) in [7, 11) is 0. The molecule has 1 saturated heterocycles. The van der Waals surface area contributed by atoms with Gasteiger partial charge in [0, 0.05) is 18.1 Å². The maximum atomic E-state index is 13.2. The Balaban J connectivity index is 1.72. The molecule has 6 nitrogen and oxygen atoms in total. The highest BCUT2D eigenvalue weighted by Crippen LogP contribution is 2.23. The lowest BCUT2D eigenvalue weighted by Crippen LogP contribution is -2.41. The number of halogens is 1. The number of hydrogen-bond donors (Lipinski definition) is 0. The molecule has 1 aliphatic rings. The summed E-state index contributed by atoms with van der Waals surface area (Å²) < 4.78 is 6.81. The number of rotatable bonds is 4. The Morgan fingerprint density at radius 2 is 1.93 bits per heavy atom. The van der Waals surface area contributed by atoms with E-state index in [0.29, 0.717) is 53.1 Å². The van der Waals surface area contributed by atoms with Crippen molar-refractivity contribution in [3.05, 3.63) is 63.9 Å². The molecule has 1 amide bonds. The lowest BCUT2D eigenvalue weighted by molar-refractivity contribution is -0.132. The van der Waals surface area contributed by atoms with Gasteiger partial charge >= 0.3 is 0 Å². The first kappa shape index (κ1) is 19.0. The van der Waals surface area contributed by atoms with Crippen molar-refractivity contribution in [2.24, 2.45) is 0 Å². The highest BCUT2D eigenvalue weighted by Gasteiger charge is 2.19. The van der Waals surface area contributed by atoms with Gasteiger partial charge in [0.25, 0.3) is 5.56 Å². The quantitative estimate of drug-likeness (QED) is 0.484. The van der Waals surface area contributed by atoms with Crippen molar-refractivity contribution in [2.75, 3.05) is 32.1 Å². The van der Waals surface area contributed by atoms with Crippen LogP contribution in [0.5, 0.6) is 0 Å².